The second-order valence-electron chi connectivity index (χ2n) is 12.9. The molecule has 2 heterocycles. The van der Waals surface area contributed by atoms with Gasteiger partial charge in [-0.3, -0.25) is 5.32 Å². The molecule has 0 unspecified atom stereocenters. The number of aromatic nitrogens is 2. The molecule has 0 bridgehead atoms. The number of hydrogen-bond donors (Lipinski definition) is 3. The molecule has 10 nitrogen and oxygen atoms in total. The first kappa shape index (κ1) is 32.4. The Morgan fingerprint density at radius 2 is 1.52 bits per heavy atom. The fourth-order valence-corrected chi connectivity index (χ4v) is 5.53. The molecule has 5 rings (SSSR count). The summed E-state index contributed by atoms with van der Waals surface area (Å²) >= 11 is 0. The van der Waals surface area contributed by atoms with E-state index in [1.807, 2.05) is 60.4 Å². The fraction of sp³-hybridized carbons (Fsp3) is 0.361. The van der Waals surface area contributed by atoms with E-state index in [0.717, 1.165) is 47.5 Å². The predicted octanol–water partition coefficient (Wildman–Crippen LogP) is 7.63. The average molecular weight is 625 g/mol. The standard InChI is InChI=1S/C36H44N6O4/c1-24-10-12-29(13-11-24)42-33(23-32(40-42)36(2,3)4)39-34(43)37-27-9-7-8-26(19-27)18-25-14-16-41(17-15-25)35(44)38-28-20-30(45-5)22-31(21-28)46-6/h7-13,19-23,25H,14-18H2,1-6H3,(H,38,44)(H2,37,39,43). The zero-order valence-electron chi connectivity index (χ0n) is 27.5. The van der Waals surface area contributed by atoms with Crippen molar-refractivity contribution in [3.63, 3.8) is 0 Å². The molecule has 0 spiro atoms. The van der Waals surface area contributed by atoms with Crippen LogP contribution >= 0.6 is 0 Å². The predicted molar refractivity (Wildman–Crippen MR) is 183 cm³/mol. The van der Waals surface area contributed by atoms with Crippen molar-refractivity contribution in [1.82, 2.24) is 14.7 Å². The number of carbonyl (C=O) groups is 2. The van der Waals surface area contributed by atoms with Crippen LogP contribution in [0, 0.1) is 12.8 Å². The highest BCUT2D eigenvalue weighted by molar-refractivity contribution is 5.99. The lowest BCUT2D eigenvalue weighted by molar-refractivity contribution is 0.182. The van der Waals surface area contributed by atoms with Gasteiger partial charge in [-0.2, -0.15) is 5.10 Å². The molecule has 46 heavy (non-hydrogen) atoms. The fourth-order valence-electron chi connectivity index (χ4n) is 5.53. The summed E-state index contributed by atoms with van der Waals surface area (Å²) in [5, 5.41) is 13.8. The molecule has 1 aromatic heterocycles. The Kier molecular flexibility index (Phi) is 9.84. The van der Waals surface area contributed by atoms with Crippen LogP contribution < -0.4 is 25.4 Å². The second-order valence-corrected chi connectivity index (χ2v) is 12.9. The summed E-state index contributed by atoms with van der Waals surface area (Å²) in [6.07, 6.45) is 2.66. The minimum Gasteiger partial charge on any atom is -0.497 e. The number of nitrogens with zero attached hydrogens (tertiary/aromatic N) is 3. The molecule has 0 saturated carbocycles. The summed E-state index contributed by atoms with van der Waals surface area (Å²) in [4.78, 5) is 28.0. The number of ether oxygens (including phenoxy) is 2. The van der Waals surface area contributed by atoms with Crippen LogP contribution in [0.2, 0.25) is 0 Å². The van der Waals surface area contributed by atoms with E-state index in [9.17, 15) is 9.59 Å². The lowest BCUT2D eigenvalue weighted by Crippen LogP contribution is -2.41. The third-order valence-corrected chi connectivity index (χ3v) is 8.21. The molecule has 10 heteroatoms. The molecule has 1 fully saturated rings. The Morgan fingerprint density at radius 1 is 0.848 bits per heavy atom. The molecule has 1 aliphatic heterocycles. The number of piperidine rings is 1. The average Bonchev–Trinajstić information content (AvgIpc) is 3.46. The number of urea groups is 2. The first-order chi connectivity index (χ1) is 22.0. The summed E-state index contributed by atoms with van der Waals surface area (Å²) < 4.78 is 12.4. The van der Waals surface area contributed by atoms with Crippen molar-refractivity contribution in [3.8, 4) is 17.2 Å². The van der Waals surface area contributed by atoms with Crippen LogP contribution in [0.5, 0.6) is 11.5 Å². The first-order valence-electron chi connectivity index (χ1n) is 15.6. The lowest BCUT2D eigenvalue weighted by atomic mass is 9.90. The number of rotatable bonds is 8. The van der Waals surface area contributed by atoms with Gasteiger partial charge in [-0.05, 0) is 61.9 Å². The van der Waals surface area contributed by atoms with Crippen LogP contribution in [0.15, 0.2) is 72.8 Å². The molecular formula is C36H44N6O4. The second kappa shape index (κ2) is 14.0. The smallest absolute Gasteiger partial charge is 0.324 e. The topological polar surface area (TPSA) is 110 Å². The van der Waals surface area contributed by atoms with Crippen molar-refractivity contribution in [2.75, 3.05) is 43.3 Å². The van der Waals surface area contributed by atoms with E-state index in [2.05, 4.69) is 42.8 Å². The van der Waals surface area contributed by atoms with Crippen LogP contribution in [0.4, 0.5) is 26.8 Å². The van der Waals surface area contributed by atoms with E-state index in [-0.39, 0.29) is 17.5 Å². The Morgan fingerprint density at radius 3 is 2.15 bits per heavy atom. The summed E-state index contributed by atoms with van der Waals surface area (Å²) in [6.45, 7) is 9.68. The molecule has 4 amide bonds. The van der Waals surface area contributed by atoms with Crippen LogP contribution in [0.3, 0.4) is 0 Å². The van der Waals surface area contributed by atoms with Crippen LogP contribution in [0.1, 0.15) is 50.4 Å². The number of likely N-dealkylation sites (tertiary alicyclic amines) is 1. The van der Waals surface area contributed by atoms with Crippen molar-refractivity contribution in [2.45, 2.75) is 52.4 Å². The molecule has 3 N–H and O–H groups in total. The van der Waals surface area contributed by atoms with Gasteiger partial charge in [0, 0.05) is 54.1 Å². The van der Waals surface area contributed by atoms with Crippen LogP contribution in [0.25, 0.3) is 5.69 Å². The van der Waals surface area contributed by atoms with Crippen LogP contribution in [-0.2, 0) is 11.8 Å². The van der Waals surface area contributed by atoms with Crippen molar-refractivity contribution in [1.29, 1.82) is 0 Å². The van der Waals surface area contributed by atoms with E-state index >= 15 is 0 Å². The van der Waals surface area contributed by atoms with Gasteiger partial charge < -0.3 is 25.0 Å². The molecule has 1 saturated heterocycles. The molecular weight excluding hydrogens is 580 g/mol. The molecule has 3 aromatic carbocycles. The maximum Gasteiger partial charge on any atom is 0.324 e. The number of aryl methyl sites for hydroxylation is 1. The SMILES string of the molecule is COc1cc(NC(=O)N2CCC(Cc3cccc(NC(=O)Nc4cc(C(C)(C)C)nn4-c4ccc(C)cc4)c3)CC2)cc(OC)c1. The van der Waals surface area contributed by atoms with E-state index in [1.165, 1.54) is 0 Å². The number of carbonyl (C=O) groups excluding carboxylic acids is 2. The van der Waals surface area contributed by atoms with E-state index < -0.39 is 0 Å². The highest BCUT2D eigenvalue weighted by atomic mass is 16.5. The molecule has 242 valence electrons. The summed E-state index contributed by atoms with van der Waals surface area (Å²) in [5.41, 5.74) is 5.23. The number of anilines is 3. The maximum atomic E-state index is 13.2. The van der Waals surface area contributed by atoms with Crippen LogP contribution in [-0.4, -0.2) is 54.1 Å². The third-order valence-electron chi connectivity index (χ3n) is 8.21. The molecule has 1 aliphatic rings. The van der Waals surface area contributed by atoms with Gasteiger partial charge in [0.1, 0.15) is 17.3 Å². The Balaban J connectivity index is 1.17. The monoisotopic (exact) mass is 624 g/mol. The van der Waals surface area contributed by atoms with E-state index in [4.69, 9.17) is 14.6 Å². The summed E-state index contributed by atoms with van der Waals surface area (Å²) in [6, 6.07) is 22.8. The minimum absolute atomic E-state index is 0.135. The van der Waals surface area contributed by atoms with Gasteiger partial charge >= 0.3 is 12.1 Å². The van der Waals surface area contributed by atoms with Crippen molar-refractivity contribution in [2.24, 2.45) is 5.92 Å². The maximum absolute atomic E-state index is 13.2. The number of methoxy groups -OCH3 is 2. The van der Waals surface area contributed by atoms with Crippen molar-refractivity contribution >= 4 is 29.3 Å². The van der Waals surface area contributed by atoms with Gasteiger partial charge in [0.2, 0.25) is 0 Å². The van der Waals surface area contributed by atoms with E-state index in [0.29, 0.717) is 42.0 Å². The normalized spacial score (nSPS) is 13.7. The molecule has 0 radical (unpaired) electrons. The largest absolute Gasteiger partial charge is 0.497 e. The third kappa shape index (κ3) is 8.18. The zero-order valence-corrected chi connectivity index (χ0v) is 27.5. The molecule has 4 aromatic rings. The van der Waals surface area contributed by atoms with Gasteiger partial charge in [0.25, 0.3) is 0 Å². The highest BCUT2D eigenvalue weighted by Crippen LogP contribution is 2.29. The zero-order chi connectivity index (χ0) is 32.8. The Hall–Kier alpha value is -4.99. The van der Waals surface area contributed by atoms with E-state index in [1.54, 1.807) is 37.1 Å². The number of hydrogen-bond acceptors (Lipinski definition) is 5. The first-order valence-corrected chi connectivity index (χ1v) is 15.6. The van der Waals surface area contributed by atoms with Crippen molar-refractivity contribution in [3.05, 3.63) is 89.6 Å². The Bertz CT molecular complexity index is 1640. The minimum atomic E-state index is -0.334. The van der Waals surface area contributed by atoms with Gasteiger partial charge in [0.05, 0.1) is 25.6 Å². The molecule has 0 atom stereocenters. The number of nitrogens with one attached hydrogen (secondary N) is 3. The summed E-state index contributed by atoms with van der Waals surface area (Å²) in [5.74, 6) is 2.27. The van der Waals surface area contributed by atoms with Crippen molar-refractivity contribution < 1.29 is 19.1 Å². The Labute approximate surface area is 271 Å². The van der Waals surface area contributed by atoms with Gasteiger partial charge in [-0.15, -0.1) is 0 Å². The van der Waals surface area contributed by atoms with Gasteiger partial charge in [-0.1, -0.05) is 50.6 Å². The van der Waals surface area contributed by atoms with Gasteiger partial charge in [-0.25, -0.2) is 14.3 Å². The van der Waals surface area contributed by atoms with Gasteiger partial charge in [0.15, 0.2) is 0 Å². The number of amides is 4. The number of benzene rings is 3. The summed E-state index contributed by atoms with van der Waals surface area (Å²) in [7, 11) is 3.16. The molecule has 0 aliphatic carbocycles. The lowest BCUT2D eigenvalue weighted by Gasteiger charge is -2.32. The highest BCUT2D eigenvalue weighted by Gasteiger charge is 2.24. The quantitative estimate of drug-likeness (QED) is 0.187.